The molecule has 0 aliphatic carbocycles. The van der Waals surface area contributed by atoms with E-state index < -0.39 is 0 Å². The zero-order valence-electron chi connectivity index (χ0n) is 10.9. The van der Waals surface area contributed by atoms with Gasteiger partial charge in [-0.15, -0.1) is 0 Å². The van der Waals surface area contributed by atoms with E-state index >= 15 is 0 Å². The Morgan fingerprint density at radius 3 is 2.50 bits per heavy atom. The van der Waals surface area contributed by atoms with E-state index in [-0.39, 0.29) is 11.8 Å². The highest BCUT2D eigenvalue weighted by molar-refractivity contribution is 5.78. The van der Waals surface area contributed by atoms with Crippen LogP contribution in [0.2, 0.25) is 0 Å². The van der Waals surface area contributed by atoms with Gasteiger partial charge in [0, 0.05) is 32.4 Å². The summed E-state index contributed by atoms with van der Waals surface area (Å²) >= 11 is 0. The van der Waals surface area contributed by atoms with Gasteiger partial charge in [0.15, 0.2) is 0 Å². The third-order valence-corrected chi connectivity index (χ3v) is 2.67. The number of Topliss-reactive ketones (excluding diaryl/α,β-unsaturated/α-hetero) is 1. The van der Waals surface area contributed by atoms with E-state index in [1.165, 1.54) is 0 Å². The fraction of sp³-hybridized carbons (Fsp3) is 0.833. The van der Waals surface area contributed by atoms with Gasteiger partial charge in [0.25, 0.3) is 0 Å². The Balaban J connectivity index is 3.69. The maximum absolute atomic E-state index is 11.3. The lowest BCUT2D eigenvalue weighted by atomic mass is 10.1. The van der Waals surface area contributed by atoms with Crippen LogP contribution in [0.4, 0.5) is 0 Å². The lowest BCUT2D eigenvalue weighted by Crippen LogP contribution is -2.34. The van der Waals surface area contributed by atoms with Crippen molar-refractivity contribution in [3.63, 3.8) is 0 Å². The van der Waals surface area contributed by atoms with Crippen molar-refractivity contribution >= 4 is 11.7 Å². The molecule has 0 saturated heterocycles. The van der Waals surface area contributed by atoms with E-state index in [2.05, 4.69) is 10.2 Å². The highest BCUT2D eigenvalue weighted by atomic mass is 16.1. The zero-order chi connectivity index (χ0) is 12.6. The number of hydrogen-bond acceptors (Lipinski definition) is 3. The van der Waals surface area contributed by atoms with Gasteiger partial charge in [-0.05, 0) is 20.0 Å². The molecule has 0 spiro atoms. The molecule has 0 aromatic heterocycles. The van der Waals surface area contributed by atoms with Gasteiger partial charge in [0.2, 0.25) is 5.91 Å². The maximum atomic E-state index is 11.3. The summed E-state index contributed by atoms with van der Waals surface area (Å²) in [5.41, 5.74) is 0. The van der Waals surface area contributed by atoms with Gasteiger partial charge >= 0.3 is 0 Å². The van der Waals surface area contributed by atoms with Crippen molar-refractivity contribution in [1.29, 1.82) is 0 Å². The SMILES string of the molecule is CCC(=O)CCCN(C)CC(C)C(=O)NC. The van der Waals surface area contributed by atoms with Crippen LogP contribution in [-0.4, -0.2) is 43.8 Å². The molecule has 1 amide bonds. The lowest BCUT2D eigenvalue weighted by molar-refractivity contribution is -0.124. The molecule has 4 heteroatoms. The van der Waals surface area contributed by atoms with Crippen molar-refractivity contribution in [2.75, 3.05) is 27.2 Å². The molecule has 1 unspecified atom stereocenters. The number of carbonyl (C=O) groups excluding carboxylic acids is 2. The van der Waals surface area contributed by atoms with Gasteiger partial charge in [-0.1, -0.05) is 13.8 Å². The fourth-order valence-corrected chi connectivity index (χ4v) is 1.61. The number of hydrogen-bond donors (Lipinski definition) is 1. The third kappa shape index (κ3) is 6.56. The average molecular weight is 228 g/mol. The topological polar surface area (TPSA) is 49.4 Å². The normalized spacial score (nSPS) is 12.6. The van der Waals surface area contributed by atoms with Crippen LogP contribution in [0, 0.1) is 5.92 Å². The molecule has 0 aliphatic rings. The molecule has 0 fully saturated rings. The molecule has 0 aromatic carbocycles. The molecule has 0 bridgehead atoms. The first kappa shape index (κ1) is 15.1. The summed E-state index contributed by atoms with van der Waals surface area (Å²) in [6, 6.07) is 0. The van der Waals surface area contributed by atoms with Crippen LogP contribution < -0.4 is 5.32 Å². The first-order valence-electron chi connectivity index (χ1n) is 5.93. The minimum Gasteiger partial charge on any atom is -0.359 e. The summed E-state index contributed by atoms with van der Waals surface area (Å²) in [6.07, 6.45) is 2.15. The molecule has 0 radical (unpaired) electrons. The van der Waals surface area contributed by atoms with Crippen molar-refractivity contribution in [2.45, 2.75) is 33.1 Å². The molecular weight excluding hydrogens is 204 g/mol. The van der Waals surface area contributed by atoms with Gasteiger partial charge in [-0.25, -0.2) is 0 Å². The molecule has 94 valence electrons. The van der Waals surface area contributed by atoms with Gasteiger partial charge in [-0.2, -0.15) is 0 Å². The monoisotopic (exact) mass is 228 g/mol. The second-order valence-corrected chi connectivity index (χ2v) is 4.27. The van der Waals surface area contributed by atoms with Gasteiger partial charge in [-0.3, -0.25) is 9.59 Å². The number of amides is 1. The Morgan fingerprint density at radius 1 is 1.38 bits per heavy atom. The van der Waals surface area contributed by atoms with E-state index in [0.29, 0.717) is 18.6 Å². The van der Waals surface area contributed by atoms with E-state index in [1.54, 1.807) is 7.05 Å². The average Bonchev–Trinajstić information content (AvgIpc) is 2.27. The Labute approximate surface area is 98.4 Å². The number of ketones is 1. The number of carbonyl (C=O) groups is 2. The summed E-state index contributed by atoms with van der Waals surface area (Å²) < 4.78 is 0. The van der Waals surface area contributed by atoms with Crippen LogP contribution in [-0.2, 0) is 9.59 Å². The minimum atomic E-state index is -0.00289. The summed E-state index contributed by atoms with van der Waals surface area (Å²) in [7, 11) is 3.63. The standard InChI is InChI=1S/C12H24N2O2/c1-5-11(15)7-6-8-14(4)9-10(2)12(16)13-3/h10H,5-9H2,1-4H3,(H,13,16). The largest absolute Gasteiger partial charge is 0.359 e. The van der Waals surface area contributed by atoms with Gasteiger partial charge in [0.05, 0.1) is 0 Å². The Hall–Kier alpha value is -0.900. The molecule has 1 N–H and O–H groups in total. The molecular formula is C12H24N2O2. The van der Waals surface area contributed by atoms with Crippen LogP contribution in [0.5, 0.6) is 0 Å². The molecule has 16 heavy (non-hydrogen) atoms. The van der Waals surface area contributed by atoms with Crippen molar-refractivity contribution < 1.29 is 9.59 Å². The predicted molar refractivity (Wildman–Crippen MR) is 65.3 cm³/mol. The summed E-state index contributed by atoms with van der Waals surface area (Å²) in [5.74, 6) is 0.376. The van der Waals surface area contributed by atoms with Crippen LogP contribution in [0.15, 0.2) is 0 Å². The van der Waals surface area contributed by atoms with Crippen LogP contribution in [0.3, 0.4) is 0 Å². The molecule has 0 heterocycles. The summed E-state index contributed by atoms with van der Waals surface area (Å²) in [4.78, 5) is 24.5. The van der Waals surface area contributed by atoms with Crippen LogP contribution >= 0.6 is 0 Å². The highest BCUT2D eigenvalue weighted by Gasteiger charge is 2.13. The van der Waals surface area contributed by atoms with E-state index in [1.807, 2.05) is 20.9 Å². The predicted octanol–water partition coefficient (Wildman–Crippen LogP) is 1.06. The number of nitrogens with one attached hydrogen (secondary N) is 1. The van der Waals surface area contributed by atoms with Crippen molar-refractivity contribution in [3.8, 4) is 0 Å². The second-order valence-electron chi connectivity index (χ2n) is 4.27. The minimum absolute atomic E-state index is 0.00289. The second kappa shape index (κ2) is 8.28. The molecule has 0 aromatic rings. The smallest absolute Gasteiger partial charge is 0.223 e. The Morgan fingerprint density at radius 2 is 2.00 bits per heavy atom. The number of rotatable bonds is 8. The van der Waals surface area contributed by atoms with Crippen molar-refractivity contribution in [1.82, 2.24) is 10.2 Å². The summed E-state index contributed by atoms with van der Waals surface area (Å²) in [5, 5.41) is 2.63. The molecule has 0 rings (SSSR count). The van der Waals surface area contributed by atoms with Gasteiger partial charge < -0.3 is 10.2 Å². The van der Waals surface area contributed by atoms with Crippen LogP contribution in [0.1, 0.15) is 33.1 Å². The fourth-order valence-electron chi connectivity index (χ4n) is 1.61. The Kier molecular flexibility index (Phi) is 7.81. The lowest BCUT2D eigenvalue weighted by Gasteiger charge is -2.20. The number of nitrogens with zero attached hydrogens (tertiary/aromatic N) is 1. The van der Waals surface area contributed by atoms with Crippen molar-refractivity contribution in [3.05, 3.63) is 0 Å². The summed E-state index contributed by atoms with van der Waals surface area (Å²) in [6.45, 7) is 5.40. The van der Waals surface area contributed by atoms with E-state index in [9.17, 15) is 9.59 Å². The van der Waals surface area contributed by atoms with E-state index in [0.717, 1.165) is 19.5 Å². The molecule has 4 nitrogen and oxygen atoms in total. The first-order valence-corrected chi connectivity index (χ1v) is 5.93. The molecule has 1 atom stereocenters. The van der Waals surface area contributed by atoms with Crippen molar-refractivity contribution in [2.24, 2.45) is 5.92 Å². The molecule has 0 saturated carbocycles. The maximum Gasteiger partial charge on any atom is 0.223 e. The molecule has 0 aliphatic heterocycles. The van der Waals surface area contributed by atoms with Crippen LogP contribution in [0.25, 0.3) is 0 Å². The Bertz CT molecular complexity index is 229. The zero-order valence-corrected chi connectivity index (χ0v) is 10.9. The third-order valence-electron chi connectivity index (χ3n) is 2.67. The van der Waals surface area contributed by atoms with E-state index in [4.69, 9.17) is 0 Å². The first-order chi connectivity index (χ1) is 7.51. The highest BCUT2D eigenvalue weighted by Crippen LogP contribution is 2.01. The van der Waals surface area contributed by atoms with Gasteiger partial charge in [0.1, 0.15) is 5.78 Å². The quantitative estimate of drug-likeness (QED) is 0.676.